The average molecular weight is 226 g/mol. The van der Waals surface area contributed by atoms with Crippen molar-refractivity contribution in [1.29, 1.82) is 0 Å². The van der Waals surface area contributed by atoms with E-state index in [4.69, 9.17) is 0 Å². The number of aromatic nitrogens is 2. The van der Waals surface area contributed by atoms with Gasteiger partial charge in [-0.1, -0.05) is 4.49 Å². The molecule has 1 heterocycles. The van der Waals surface area contributed by atoms with E-state index in [0.717, 1.165) is 31.4 Å². The van der Waals surface area contributed by atoms with Gasteiger partial charge in [-0.05, 0) is 50.8 Å². The lowest BCUT2D eigenvalue weighted by Gasteiger charge is -2.04. The van der Waals surface area contributed by atoms with Crippen LogP contribution in [0.1, 0.15) is 29.8 Å². The van der Waals surface area contributed by atoms with Gasteiger partial charge in [-0.25, -0.2) is 0 Å². The number of nitrogens with one attached hydrogen (secondary N) is 2. The van der Waals surface area contributed by atoms with Crippen molar-refractivity contribution < 1.29 is 0 Å². The van der Waals surface area contributed by atoms with E-state index < -0.39 is 0 Å². The first-order chi connectivity index (χ1) is 7.36. The summed E-state index contributed by atoms with van der Waals surface area (Å²) in [4.78, 5) is 1.25. The molecular formula is C10H18N4S. The van der Waals surface area contributed by atoms with E-state index in [0.29, 0.717) is 0 Å². The fourth-order valence-corrected chi connectivity index (χ4v) is 2.02. The first kappa shape index (κ1) is 11.0. The van der Waals surface area contributed by atoms with Crippen molar-refractivity contribution in [2.75, 3.05) is 13.1 Å². The molecule has 0 amide bonds. The highest BCUT2D eigenvalue weighted by molar-refractivity contribution is 7.05. The molecule has 0 saturated heterocycles. The fourth-order valence-electron chi connectivity index (χ4n) is 1.42. The number of aryl methyl sites for hydroxylation is 1. The van der Waals surface area contributed by atoms with Crippen LogP contribution in [0.5, 0.6) is 0 Å². The third-order valence-electron chi connectivity index (χ3n) is 2.57. The molecule has 1 aliphatic carbocycles. The minimum Gasteiger partial charge on any atom is -0.314 e. The minimum atomic E-state index is 0.831. The summed E-state index contributed by atoms with van der Waals surface area (Å²) in [5.41, 5.74) is 1.06. The van der Waals surface area contributed by atoms with Crippen molar-refractivity contribution in [3.8, 4) is 0 Å². The van der Waals surface area contributed by atoms with Crippen molar-refractivity contribution >= 4 is 11.5 Å². The van der Waals surface area contributed by atoms with Gasteiger partial charge >= 0.3 is 0 Å². The van der Waals surface area contributed by atoms with Crippen LogP contribution in [0.3, 0.4) is 0 Å². The first-order valence-corrected chi connectivity index (χ1v) is 6.35. The maximum absolute atomic E-state index is 3.98. The van der Waals surface area contributed by atoms with Gasteiger partial charge in [-0.2, -0.15) is 0 Å². The number of hydrogen-bond donors (Lipinski definition) is 2. The van der Waals surface area contributed by atoms with Gasteiger partial charge in [0.1, 0.15) is 0 Å². The topological polar surface area (TPSA) is 49.8 Å². The smallest absolute Gasteiger partial charge is 0.0769 e. The van der Waals surface area contributed by atoms with Crippen LogP contribution in [0.25, 0.3) is 0 Å². The number of hydrogen-bond acceptors (Lipinski definition) is 5. The molecule has 4 nitrogen and oxygen atoms in total. The second-order valence-electron chi connectivity index (χ2n) is 4.04. The molecule has 84 valence electrons. The van der Waals surface area contributed by atoms with Gasteiger partial charge < -0.3 is 10.6 Å². The van der Waals surface area contributed by atoms with Crippen LogP contribution < -0.4 is 10.6 Å². The van der Waals surface area contributed by atoms with Gasteiger partial charge in [-0.15, -0.1) is 5.10 Å². The maximum atomic E-state index is 3.98. The molecule has 1 aliphatic rings. The Morgan fingerprint density at radius 2 is 2.27 bits per heavy atom. The van der Waals surface area contributed by atoms with Gasteiger partial charge in [-0.3, -0.25) is 0 Å². The standard InChI is InChI=1S/C10H18N4S/c1-8-10(15-14-13-8)7-11-5-2-6-12-9-3-4-9/h9,11-12H,2-7H2,1H3. The lowest BCUT2D eigenvalue weighted by atomic mass is 10.3. The van der Waals surface area contributed by atoms with Crippen LogP contribution in [0, 0.1) is 6.92 Å². The summed E-state index contributed by atoms with van der Waals surface area (Å²) in [6.07, 6.45) is 3.94. The molecule has 0 atom stereocenters. The fraction of sp³-hybridized carbons (Fsp3) is 0.800. The normalized spacial score (nSPS) is 15.8. The summed E-state index contributed by atoms with van der Waals surface area (Å²) in [6.45, 7) is 5.12. The van der Waals surface area contributed by atoms with E-state index in [1.54, 1.807) is 0 Å². The molecule has 15 heavy (non-hydrogen) atoms. The second kappa shape index (κ2) is 5.53. The number of rotatable bonds is 7. The Kier molecular flexibility index (Phi) is 4.05. The van der Waals surface area contributed by atoms with Gasteiger partial charge in [0, 0.05) is 12.6 Å². The maximum Gasteiger partial charge on any atom is 0.0769 e. The molecule has 0 spiro atoms. The Bertz CT molecular complexity index is 295. The molecule has 0 bridgehead atoms. The largest absolute Gasteiger partial charge is 0.314 e. The molecule has 0 aromatic carbocycles. The van der Waals surface area contributed by atoms with E-state index in [1.807, 2.05) is 6.92 Å². The third-order valence-corrected chi connectivity index (χ3v) is 3.40. The van der Waals surface area contributed by atoms with Crippen LogP contribution in [0.15, 0.2) is 0 Å². The van der Waals surface area contributed by atoms with E-state index in [9.17, 15) is 0 Å². The Morgan fingerprint density at radius 3 is 2.93 bits per heavy atom. The SMILES string of the molecule is Cc1nnsc1CNCCCNC1CC1. The Balaban J connectivity index is 1.49. The second-order valence-corrected chi connectivity index (χ2v) is 4.88. The van der Waals surface area contributed by atoms with Crippen LogP contribution in [0.2, 0.25) is 0 Å². The quantitative estimate of drug-likeness (QED) is 0.683. The van der Waals surface area contributed by atoms with Gasteiger partial charge in [0.15, 0.2) is 0 Å². The van der Waals surface area contributed by atoms with Gasteiger partial charge in [0.2, 0.25) is 0 Å². The summed E-state index contributed by atoms with van der Waals surface area (Å²) in [6, 6.07) is 0.831. The highest BCUT2D eigenvalue weighted by Crippen LogP contribution is 2.18. The minimum absolute atomic E-state index is 0.831. The predicted octanol–water partition coefficient (Wildman–Crippen LogP) is 1.08. The molecule has 1 aromatic rings. The monoisotopic (exact) mass is 226 g/mol. The summed E-state index contributed by atoms with van der Waals surface area (Å²) >= 11 is 1.49. The zero-order valence-corrected chi connectivity index (χ0v) is 9.94. The Morgan fingerprint density at radius 1 is 1.40 bits per heavy atom. The Hall–Kier alpha value is -0.520. The lowest BCUT2D eigenvalue weighted by molar-refractivity contribution is 0.594. The summed E-state index contributed by atoms with van der Waals surface area (Å²) < 4.78 is 3.91. The van der Waals surface area contributed by atoms with Crippen LogP contribution in [-0.4, -0.2) is 28.7 Å². The summed E-state index contributed by atoms with van der Waals surface area (Å²) in [5.74, 6) is 0. The average Bonchev–Trinajstić information content (AvgIpc) is 2.96. The zero-order chi connectivity index (χ0) is 10.5. The molecule has 1 aromatic heterocycles. The van der Waals surface area contributed by atoms with Crippen molar-refractivity contribution in [3.05, 3.63) is 10.6 Å². The highest BCUT2D eigenvalue weighted by atomic mass is 32.1. The molecule has 0 radical (unpaired) electrons. The highest BCUT2D eigenvalue weighted by Gasteiger charge is 2.19. The molecule has 2 N–H and O–H groups in total. The van der Waals surface area contributed by atoms with Crippen molar-refractivity contribution in [2.24, 2.45) is 0 Å². The summed E-state index contributed by atoms with van der Waals surface area (Å²) in [7, 11) is 0. The van der Waals surface area contributed by atoms with Gasteiger partial charge in [0.05, 0.1) is 10.6 Å². The Labute approximate surface area is 94.6 Å². The van der Waals surface area contributed by atoms with Crippen LogP contribution in [-0.2, 0) is 6.54 Å². The molecule has 5 heteroatoms. The molecular weight excluding hydrogens is 208 g/mol. The molecule has 2 rings (SSSR count). The lowest BCUT2D eigenvalue weighted by Crippen LogP contribution is -2.23. The van der Waals surface area contributed by atoms with Crippen molar-refractivity contribution in [2.45, 2.75) is 38.8 Å². The van der Waals surface area contributed by atoms with Crippen LogP contribution in [0.4, 0.5) is 0 Å². The van der Waals surface area contributed by atoms with Crippen LogP contribution >= 0.6 is 11.5 Å². The zero-order valence-electron chi connectivity index (χ0n) is 9.12. The predicted molar refractivity (Wildman–Crippen MR) is 62.0 cm³/mol. The summed E-state index contributed by atoms with van der Waals surface area (Å²) in [5, 5.41) is 10.9. The van der Waals surface area contributed by atoms with E-state index in [-0.39, 0.29) is 0 Å². The van der Waals surface area contributed by atoms with E-state index >= 15 is 0 Å². The third kappa shape index (κ3) is 3.85. The number of nitrogens with zero attached hydrogens (tertiary/aromatic N) is 2. The first-order valence-electron chi connectivity index (χ1n) is 5.58. The molecule has 1 fully saturated rings. The van der Waals surface area contributed by atoms with E-state index in [2.05, 4.69) is 20.2 Å². The van der Waals surface area contributed by atoms with Crippen molar-refractivity contribution in [1.82, 2.24) is 20.2 Å². The van der Waals surface area contributed by atoms with Gasteiger partial charge in [0.25, 0.3) is 0 Å². The van der Waals surface area contributed by atoms with E-state index in [1.165, 1.54) is 35.7 Å². The van der Waals surface area contributed by atoms with Crippen molar-refractivity contribution in [3.63, 3.8) is 0 Å². The molecule has 0 unspecified atom stereocenters. The molecule has 1 saturated carbocycles. The molecule has 0 aliphatic heterocycles.